The van der Waals surface area contributed by atoms with Gasteiger partial charge in [0.05, 0.1) is 23.8 Å². The van der Waals surface area contributed by atoms with Crippen molar-refractivity contribution in [2.75, 3.05) is 17.2 Å². The molecular formula is C15H14N4O3S2. The molecule has 9 heteroatoms. The molecule has 0 spiro atoms. The number of aryl methyl sites for hydroxylation is 1. The van der Waals surface area contributed by atoms with Crippen molar-refractivity contribution in [3.63, 3.8) is 0 Å². The largest absolute Gasteiger partial charge is 0.376 e. The van der Waals surface area contributed by atoms with Crippen molar-refractivity contribution in [1.29, 1.82) is 0 Å². The molecule has 3 aromatic heterocycles. The fourth-order valence-corrected chi connectivity index (χ4v) is 4.33. The van der Waals surface area contributed by atoms with Gasteiger partial charge in [-0.2, -0.15) is 4.98 Å². The minimum absolute atomic E-state index is 0.297. The molecule has 4 heterocycles. The smallest absolute Gasteiger partial charge is 0.324 e. The van der Waals surface area contributed by atoms with Gasteiger partial charge < -0.3 is 9.26 Å². The molecule has 1 aliphatic heterocycles. The van der Waals surface area contributed by atoms with Gasteiger partial charge in [-0.3, -0.25) is 10.6 Å². The molecule has 7 nitrogen and oxygen atoms in total. The molecule has 0 saturated carbocycles. The second-order valence-electron chi connectivity index (χ2n) is 5.21. The summed E-state index contributed by atoms with van der Waals surface area (Å²) in [6, 6.07) is 3.43. The summed E-state index contributed by atoms with van der Waals surface area (Å²) in [4.78, 5) is 17.7. The maximum Gasteiger partial charge on any atom is 0.324 e. The number of amides is 2. The molecule has 24 heavy (non-hydrogen) atoms. The van der Waals surface area contributed by atoms with Gasteiger partial charge in [-0.25, -0.2) is 4.79 Å². The van der Waals surface area contributed by atoms with E-state index in [-0.39, 0.29) is 6.03 Å². The Morgan fingerprint density at radius 2 is 2.29 bits per heavy atom. The van der Waals surface area contributed by atoms with Gasteiger partial charge in [0.2, 0.25) is 0 Å². The predicted molar refractivity (Wildman–Crippen MR) is 92.7 cm³/mol. The summed E-state index contributed by atoms with van der Waals surface area (Å²) in [6.45, 7) is 2.95. The van der Waals surface area contributed by atoms with E-state index in [1.807, 2.05) is 17.5 Å². The zero-order valence-corrected chi connectivity index (χ0v) is 14.4. The zero-order chi connectivity index (χ0) is 16.5. The molecule has 0 aliphatic carbocycles. The van der Waals surface area contributed by atoms with Crippen molar-refractivity contribution in [2.45, 2.75) is 20.0 Å². The van der Waals surface area contributed by atoms with Gasteiger partial charge in [0.1, 0.15) is 5.00 Å². The minimum atomic E-state index is -0.297. The van der Waals surface area contributed by atoms with Crippen LogP contribution in [-0.4, -0.2) is 22.8 Å². The van der Waals surface area contributed by atoms with E-state index in [9.17, 15) is 4.79 Å². The molecule has 0 fully saturated rings. The molecule has 0 unspecified atom stereocenters. The van der Waals surface area contributed by atoms with E-state index in [0.29, 0.717) is 29.9 Å². The third-order valence-corrected chi connectivity index (χ3v) is 5.45. The maximum absolute atomic E-state index is 12.3. The second-order valence-corrected chi connectivity index (χ2v) is 7.27. The Labute approximate surface area is 145 Å². The summed E-state index contributed by atoms with van der Waals surface area (Å²) < 4.78 is 10.9. The maximum atomic E-state index is 12.3. The molecule has 0 saturated heterocycles. The summed E-state index contributed by atoms with van der Waals surface area (Å²) in [7, 11) is 0. The number of anilines is 2. The highest BCUT2D eigenvalue weighted by Gasteiger charge is 2.26. The third kappa shape index (κ3) is 2.93. The monoisotopic (exact) mass is 362 g/mol. The van der Waals surface area contributed by atoms with Crippen LogP contribution in [0.25, 0.3) is 11.5 Å². The van der Waals surface area contributed by atoms with Crippen LogP contribution in [-0.2, 0) is 17.8 Å². The second kappa shape index (κ2) is 6.34. The van der Waals surface area contributed by atoms with Gasteiger partial charge in [-0.1, -0.05) is 5.16 Å². The lowest BCUT2D eigenvalue weighted by Gasteiger charge is -2.12. The number of ether oxygens (including phenoxy) is 1. The van der Waals surface area contributed by atoms with Crippen molar-refractivity contribution in [3.05, 3.63) is 33.8 Å². The number of carbonyl (C=O) groups excluding carboxylic acids is 1. The third-order valence-electron chi connectivity index (χ3n) is 3.55. The lowest BCUT2D eigenvalue weighted by atomic mass is 10.1. The molecule has 0 atom stereocenters. The molecule has 2 N–H and O–H groups in total. The van der Waals surface area contributed by atoms with Crippen molar-refractivity contribution in [1.82, 2.24) is 10.1 Å². The fraction of sp³-hybridized carbons (Fsp3) is 0.267. The Balaban J connectivity index is 1.66. The van der Waals surface area contributed by atoms with Crippen LogP contribution in [0.5, 0.6) is 0 Å². The summed E-state index contributed by atoms with van der Waals surface area (Å²) >= 11 is 2.95. The van der Waals surface area contributed by atoms with E-state index in [0.717, 1.165) is 27.4 Å². The predicted octanol–water partition coefficient (Wildman–Crippen LogP) is 3.88. The number of hydrogen-bond donors (Lipinski definition) is 2. The number of aromatic nitrogens is 2. The Kier molecular flexibility index (Phi) is 4.05. The molecule has 3 aromatic rings. The number of fused-ring (bicyclic) bond motifs is 1. The minimum Gasteiger partial charge on any atom is -0.376 e. The average Bonchev–Trinajstić information content (AvgIpc) is 3.27. The lowest BCUT2D eigenvalue weighted by Crippen LogP contribution is -2.18. The van der Waals surface area contributed by atoms with Crippen molar-refractivity contribution in [3.8, 4) is 11.5 Å². The molecule has 0 bridgehead atoms. The number of hydrogen-bond acceptors (Lipinski definition) is 7. The van der Waals surface area contributed by atoms with Crippen LogP contribution in [0.4, 0.5) is 14.8 Å². The van der Waals surface area contributed by atoms with Crippen molar-refractivity contribution in [2.24, 2.45) is 0 Å². The number of carbonyl (C=O) groups is 1. The first kappa shape index (κ1) is 15.3. The number of thiophene rings is 2. The van der Waals surface area contributed by atoms with Crippen LogP contribution in [0, 0.1) is 6.92 Å². The van der Waals surface area contributed by atoms with E-state index in [1.54, 1.807) is 6.92 Å². The van der Waals surface area contributed by atoms with Gasteiger partial charge in [-0.05, 0) is 36.4 Å². The Morgan fingerprint density at radius 1 is 1.38 bits per heavy atom. The Bertz CT molecular complexity index is 870. The summed E-state index contributed by atoms with van der Waals surface area (Å²) in [6.07, 6.45) is 0.761. The van der Waals surface area contributed by atoms with Gasteiger partial charge in [0, 0.05) is 4.88 Å². The first-order chi connectivity index (χ1) is 11.7. The van der Waals surface area contributed by atoms with Crippen LogP contribution < -0.4 is 10.6 Å². The molecule has 0 aromatic carbocycles. The topological polar surface area (TPSA) is 89.3 Å². The summed E-state index contributed by atoms with van der Waals surface area (Å²) in [5.74, 6) is 0.990. The van der Waals surface area contributed by atoms with E-state index in [4.69, 9.17) is 9.26 Å². The van der Waals surface area contributed by atoms with E-state index < -0.39 is 0 Å². The highest BCUT2D eigenvalue weighted by atomic mass is 32.1. The summed E-state index contributed by atoms with van der Waals surface area (Å²) in [5, 5.41) is 13.0. The van der Waals surface area contributed by atoms with E-state index in [1.165, 1.54) is 22.7 Å². The Morgan fingerprint density at radius 3 is 3.04 bits per heavy atom. The first-order valence-corrected chi connectivity index (χ1v) is 9.05. The number of nitrogens with one attached hydrogen (secondary N) is 2. The van der Waals surface area contributed by atoms with Crippen LogP contribution in [0.3, 0.4) is 0 Å². The molecule has 2 amide bonds. The van der Waals surface area contributed by atoms with Gasteiger partial charge in [-0.15, -0.1) is 22.7 Å². The number of nitrogens with zero attached hydrogens (tertiary/aromatic N) is 2. The van der Waals surface area contributed by atoms with E-state index in [2.05, 4.69) is 20.8 Å². The SMILES string of the molecule is Cc1noc(-c2c(NC(=O)Nc3cccs3)sc3c2CCOC3)n1. The van der Waals surface area contributed by atoms with Crippen molar-refractivity contribution >= 4 is 38.7 Å². The lowest BCUT2D eigenvalue weighted by molar-refractivity contribution is 0.113. The highest BCUT2D eigenvalue weighted by molar-refractivity contribution is 7.17. The van der Waals surface area contributed by atoms with Crippen LogP contribution in [0.2, 0.25) is 0 Å². The average molecular weight is 362 g/mol. The first-order valence-electron chi connectivity index (χ1n) is 7.35. The Hall–Kier alpha value is -2.23. The van der Waals surface area contributed by atoms with Crippen molar-refractivity contribution < 1.29 is 14.1 Å². The number of rotatable bonds is 3. The van der Waals surface area contributed by atoms with E-state index >= 15 is 0 Å². The normalized spacial score (nSPS) is 13.5. The van der Waals surface area contributed by atoms with Crippen LogP contribution in [0.1, 0.15) is 16.3 Å². The highest BCUT2D eigenvalue weighted by Crippen LogP contribution is 2.42. The quantitative estimate of drug-likeness (QED) is 0.738. The molecule has 1 aliphatic rings. The standard InChI is InChI=1S/C15H14N4O3S2/c1-8-16-13(22-19-8)12-9-4-5-21-7-10(9)24-14(12)18-15(20)17-11-3-2-6-23-11/h2-3,6H,4-5,7H2,1H3,(H2,17,18,20). The molecule has 0 radical (unpaired) electrons. The fourth-order valence-electron chi connectivity index (χ4n) is 2.54. The number of urea groups is 1. The summed E-state index contributed by atoms with van der Waals surface area (Å²) in [5.41, 5.74) is 1.92. The molecule has 4 rings (SSSR count). The van der Waals surface area contributed by atoms with Crippen LogP contribution >= 0.6 is 22.7 Å². The zero-order valence-electron chi connectivity index (χ0n) is 12.8. The van der Waals surface area contributed by atoms with Gasteiger partial charge >= 0.3 is 6.03 Å². The molecule has 124 valence electrons. The molecular weight excluding hydrogens is 348 g/mol. The van der Waals surface area contributed by atoms with Crippen LogP contribution in [0.15, 0.2) is 22.0 Å². The van der Waals surface area contributed by atoms with Gasteiger partial charge in [0.15, 0.2) is 5.82 Å². The van der Waals surface area contributed by atoms with Gasteiger partial charge in [0.25, 0.3) is 5.89 Å².